The molecule has 4 rings (SSSR count). The topological polar surface area (TPSA) is 78.8 Å². The largest absolute Gasteiger partial charge is 0.474 e. The summed E-state index contributed by atoms with van der Waals surface area (Å²) < 4.78 is 0. The van der Waals surface area contributed by atoms with E-state index in [0.29, 0.717) is 11.3 Å². The lowest BCUT2D eigenvalue weighted by Crippen LogP contribution is -2.52. The van der Waals surface area contributed by atoms with Gasteiger partial charge in [-0.05, 0) is 80.5 Å². The highest BCUT2D eigenvalue weighted by Gasteiger charge is 2.58. The van der Waals surface area contributed by atoms with E-state index in [0.717, 1.165) is 42.7 Å². The third-order valence-electron chi connectivity index (χ3n) is 8.81. The molecule has 4 aliphatic rings. The zero-order valence-electron chi connectivity index (χ0n) is 16.1. The number of carboxylic acids is 1. The van der Waals surface area contributed by atoms with E-state index in [1.54, 1.807) is 0 Å². The van der Waals surface area contributed by atoms with Gasteiger partial charge < -0.3 is 5.11 Å². The normalized spacial score (nSPS) is 46.2. The Morgan fingerprint density at radius 3 is 2.62 bits per heavy atom. The van der Waals surface area contributed by atoms with Crippen molar-refractivity contribution in [2.24, 2.45) is 39.6 Å². The zero-order valence-corrected chi connectivity index (χ0v) is 16.1. The van der Waals surface area contributed by atoms with Crippen LogP contribution in [0.1, 0.15) is 78.1 Å². The van der Waals surface area contributed by atoms with Gasteiger partial charge in [0, 0.05) is 11.1 Å². The van der Waals surface area contributed by atoms with E-state index in [2.05, 4.69) is 24.4 Å². The zero-order chi connectivity index (χ0) is 18.5. The van der Waals surface area contributed by atoms with Crippen molar-refractivity contribution in [3.8, 4) is 0 Å². The first-order chi connectivity index (χ1) is 12.4. The van der Waals surface area contributed by atoms with Crippen molar-refractivity contribution in [1.29, 1.82) is 0 Å². The molecule has 0 aromatic heterocycles. The smallest absolute Gasteiger partial charge is 0.396 e. The van der Waals surface area contributed by atoms with E-state index >= 15 is 0 Å². The Balaban J connectivity index is 1.55. The number of nitrogens with one attached hydrogen (secondary N) is 1. The SMILES string of the molecule is C[C@]12CCCC[C@@H]1CC[C@H]1[C@H]2CC[C@]2(C)/C(=N\NC(=O)C(=O)O)CC[C@H]12. The van der Waals surface area contributed by atoms with Gasteiger partial charge in [0.15, 0.2) is 0 Å². The van der Waals surface area contributed by atoms with E-state index in [1.165, 1.54) is 44.9 Å². The number of rotatable bonds is 1. The minimum Gasteiger partial charge on any atom is -0.474 e. The van der Waals surface area contributed by atoms with E-state index in [9.17, 15) is 9.59 Å². The Morgan fingerprint density at radius 2 is 1.85 bits per heavy atom. The maximum Gasteiger partial charge on any atom is 0.396 e. The van der Waals surface area contributed by atoms with Crippen molar-refractivity contribution in [3.05, 3.63) is 0 Å². The van der Waals surface area contributed by atoms with Crippen molar-refractivity contribution in [1.82, 2.24) is 5.43 Å². The van der Waals surface area contributed by atoms with E-state index in [4.69, 9.17) is 5.11 Å². The molecule has 4 aliphatic carbocycles. The Bertz CT molecular complexity index is 645. The van der Waals surface area contributed by atoms with Gasteiger partial charge in [0.05, 0.1) is 0 Å². The number of hydrogen-bond acceptors (Lipinski definition) is 3. The average molecular weight is 360 g/mol. The molecule has 4 fully saturated rings. The second kappa shape index (κ2) is 6.35. The molecule has 2 N–H and O–H groups in total. The fourth-order valence-corrected chi connectivity index (χ4v) is 7.43. The molecule has 5 heteroatoms. The van der Waals surface area contributed by atoms with E-state index in [1.807, 2.05) is 0 Å². The van der Waals surface area contributed by atoms with Crippen molar-refractivity contribution in [3.63, 3.8) is 0 Å². The summed E-state index contributed by atoms with van der Waals surface area (Å²) in [5, 5.41) is 13.0. The molecule has 0 aliphatic heterocycles. The molecule has 0 spiro atoms. The molecular weight excluding hydrogens is 328 g/mol. The molecule has 6 atom stereocenters. The molecule has 5 nitrogen and oxygen atoms in total. The second-order valence-corrected chi connectivity index (χ2v) is 9.70. The Labute approximate surface area is 156 Å². The molecule has 0 saturated heterocycles. The van der Waals surface area contributed by atoms with Gasteiger partial charge in [-0.1, -0.05) is 26.7 Å². The first-order valence-corrected chi connectivity index (χ1v) is 10.5. The summed E-state index contributed by atoms with van der Waals surface area (Å²) in [6.45, 7) is 4.88. The third kappa shape index (κ3) is 2.61. The summed E-state index contributed by atoms with van der Waals surface area (Å²) in [5.74, 6) is 0.672. The Kier molecular flexibility index (Phi) is 4.39. The predicted molar refractivity (Wildman–Crippen MR) is 99.6 cm³/mol. The number of carbonyl (C=O) groups excluding carboxylic acids is 1. The Hall–Kier alpha value is -1.39. The fraction of sp³-hybridized carbons (Fsp3) is 0.857. The molecule has 144 valence electrons. The van der Waals surface area contributed by atoms with Crippen molar-refractivity contribution in [2.45, 2.75) is 78.1 Å². The van der Waals surface area contributed by atoms with Gasteiger partial charge in [0.25, 0.3) is 0 Å². The lowest BCUT2D eigenvalue weighted by atomic mass is 9.45. The van der Waals surface area contributed by atoms with Gasteiger partial charge in [-0.25, -0.2) is 10.2 Å². The third-order valence-corrected chi connectivity index (χ3v) is 8.81. The van der Waals surface area contributed by atoms with Gasteiger partial charge in [0.2, 0.25) is 0 Å². The molecule has 0 aromatic rings. The number of hydrazone groups is 1. The van der Waals surface area contributed by atoms with Crippen LogP contribution in [-0.4, -0.2) is 22.7 Å². The van der Waals surface area contributed by atoms with Crippen LogP contribution in [-0.2, 0) is 9.59 Å². The standard InChI is InChI=1S/C21H32N2O3/c1-20-11-4-3-5-13(20)6-7-14-15-8-9-17(22-23-18(24)19(25)26)21(15,2)12-10-16(14)20/h13-16H,3-12H2,1-2H3,(H,23,24)(H,25,26)/b22-17-/t13-,14-,15-,16-,20+,21+/m1/s1. The van der Waals surface area contributed by atoms with Crippen LogP contribution < -0.4 is 5.43 Å². The Morgan fingerprint density at radius 1 is 1.04 bits per heavy atom. The van der Waals surface area contributed by atoms with Crippen LogP contribution in [0.2, 0.25) is 0 Å². The molecule has 0 bridgehead atoms. The number of hydrogen-bond donors (Lipinski definition) is 2. The first kappa shape index (κ1) is 18.0. The maximum absolute atomic E-state index is 11.4. The number of carboxylic acid groups (broad SMARTS) is 1. The molecule has 1 amide bonds. The number of nitrogens with zero attached hydrogens (tertiary/aromatic N) is 1. The van der Waals surface area contributed by atoms with Crippen LogP contribution in [0.4, 0.5) is 0 Å². The summed E-state index contributed by atoms with van der Waals surface area (Å²) in [6.07, 6.45) is 12.8. The van der Waals surface area contributed by atoms with Crippen LogP contribution in [0.5, 0.6) is 0 Å². The van der Waals surface area contributed by atoms with Gasteiger partial charge in [-0.15, -0.1) is 0 Å². The average Bonchev–Trinajstić information content (AvgIpc) is 2.95. The number of fused-ring (bicyclic) bond motifs is 5. The summed E-state index contributed by atoms with van der Waals surface area (Å²) in [6, 6.07) is 0. The number of carbonyl (C=O) groups is 2. The van der Waals surface area contributed by atoms with Crippen LogP contribution in [0.25, 0.3) is 0 Å². The minimum atomic E-state index is -1.47. The van der Waals surface area contributed by atoms with E-state index in [-0.39, 0.29) is 5.41 Å². The summed E-state index contributed by atoms with van der Waals surface area (Å²) in [4.78, 5) is 22.1. The highest BCUT2D eigenvalue weighted by atomic mass is 16.4. The van der Waals surface area contributed by atoms with Crippen LogP contribution in [0, 0.1) is 34.5 Å². The molecular formula is C21H32N2O3. The van der Waals surface area contributed by atoms with Crippen LogP contribution in [0.3, 0.4) is 0 Å². The van der Waals surface area contributed by atoms with Gasteiger partial charge in [-0.3, -0.25) is 4.79 Å². The highest BCUT2D eigenvalue weighted by molar-refractivity contribution is 6.31. The first-order valence-electron chi connectivity index (χ1n) is 10.5. The second-order valence-electron chi connectivity index (χ2n) is 9.70. The minimum absolute atomic E-state index is 0.0326. The van der Waals surface area contributed by atoms with Crippen LogP contribution >= 0.6 is 0 Å². The van der Waals surface area contributed by atoms with Crippen molar-refractivity contribution >= 4 is 17.6 Å². The van der Waals surface area contributed by atoms with Gasteiger partial charge in [0.1, 0.15) is 0 Å². The molecule has 0 unspecified atom stereocenters. The number of amides is 1. The molecule has 4 saturated carbocycles. The highest BCUT2D eigenvalue weighted by Crippen LogP contribution is 2.65. The van der Waals surface area contributed by atoms with E-state index < -0.39 is 11.9 Å². The summed E-state index contributed by atoms with van der Waals surface area (Å²) in [5.41, 5.74) is 3.84. The van der Waals surface area contributed by atoms with Gasteiger partial charge in [-0.2, -0.15) is 5.10 Å². The molecule has 0 radical (unpaired) electrons. The molecule has 0 aromatic carbocycles. The molecule has 0 heterocycles. The maximum atomic E-state index is 11.4. The van der Waals surface area contributed by atoms with Gasteiger partial charge >= 0.3 is 11.9 Å². The lowest BCUT2D eigenvalue weighted by Gasteiger charge is -2.59. The summed E-state index contributed by atoms with van der Waals surface area (Å²) >= 11 is 0. The monoisotopic (exact) mass is 360 g/mol. The fourth-order valence-electron chi connectivity index (χ4n) is 7.43. The quantitative estimate of drug-likeness (QED) is 0.548. The summed E-state index contributed by atoms with van der Waals surface area (Å²) in [7, 11) is 0. The lowest BCUT2D eigenvalue weighted by molar-refractivity contribution is -0.150. The van der Waals surface area contributed by atoms with Crippen molar-refractivity contribution < 1.29 is 14.7 Å². The van der Waals surface area contributed by atoms with Crippen LogP contribution in [0.15, 0.2) is 5.10 Å². The van der Waals surface area contributed by atoms with Crippen molar-refractivity contribution in [2.75, 3.05) is 0 Å². The predicted octanol–water partition coefficient (Wildman–Crippen LogP) is 3.98. The molecule has 26 heavy (non-hydrogen) atoms. The number of aliphatic carboxylic acids is 1.